The summed E-state index contributed by atoms with van der Waals surface area (Å²) in [5.41, 5.74) is 0.670. The van der Waals surface area contributed by atoms with E-state index in [-0.39, 0.29) is 5.91 Å². The van der Waals surface area contributed by atoms with Gasteiger partial charge in [-0.3, -0.25) is 4.79 Å². The van der Waals surface area contributed by atoms with E-state index in [0.717, 1.165) is 0 Å². The van der Waals surface area contributed by atoms with Crippen LogP contribution < -0.4 is 0 Å². The van der Waals surface area contributed by atoms with Crippen molar-refractivity contribution >= 4 is 5.91 Å². The summed E-state index contributed by atoms with van der Waals surface area (Å²) in [6, 6.07) is 9.11. The number of rotatable bonds is 3. The fourth-order valence-corrected chi connectivity index (χ4v) is 1.06. The van der Waals surface area contributed by atoms with Crippen LogP contribution in [0.15, 0.2) is 30.3 Å². The molecule has 2 nitrogen and oxygen atoms in total. The van der Waals surface area contributed by atoms with Crippen molar-refractivity contribution in [2.75, 3.05) is 7.05 Å². The summed E-state index contributed by atoms with van der Waals surface area (Å²) >= 11 is 0. The molecule has 0 bridgehead atoms. The van der Waals surface area contributed by atoms with Crippen LogP contribution >= 0.6 is 0 Å². The van der Waals surface area contributed by atoms with E-state index in [1.807, 2.05) is 18.2 Å². The van der Waals surface area contributed by atoms with E-state index in [4.69, 9.17) is 6.42 Å². The summed E-state index contributed by atoms with van der Waals surface area (Å²) in [5.74, 6) is 2.41. The van der Waals surface area contributed by atoms with Crippen molar-refractivity contribution in [1.29, 1.82) is 0 Å². The van der Waals surface area contributed by atoms with Crippen LogP contribution in [0.25, 0.3) is 0 Å². The highest BCUT2D eigenvalue weighted by Gasteiger charge is 2.09. The molecule has 0 aliphatic carbocycles. The molecule has 0 aliphatic rings. The fourth-order valence-electron chi connectivity index (χ4n) is 1.06. The van der Waals surface area contributed by atoms with Gasteiger partial charge in [-0.25, -0.2) is 0 Å². The van der Waals surface area contributed by atoms with Gasteiger partial charge in [-0.2, -0.15) is 0 Å². The largest absolute Gasteiger partial charge is 0.336 e. The SMILES string of the molecule is C#CC[CH]N(C)C(=O)c1ccccc1. The molecule has 0 aliphatic heterocycles. The third-order valence-electron chi connectivity index (χ3n) is 1.82. The molecule has 0 N–H and O–H groups in total. The van der Waals surface area contributed by atoms with E-state index in [9.17, 15) is 4.79 Å². The van der Waals surface area contributed by atoms with Crippen molar-refractivity contribution in [3.63, 3.8) is 0 Å². The number of hydrogen-bond donors (Lipinski definition) is 0. The number of nitrogens with zero attached hydrogens (tertiary/aromatic N) is 1. The van der Waals surface area contributed by atoms with E-state index in [1.54, 1.807) is 25.7 Å². The minimum absolute atomic E-state index is 0.0409. The molecule has 1 aromatic carbocycles. The van der Waals surface area contributed by atoms with E-state index in [1.165, 1.54) is 4.90 Å². The van der Waals surface area contributed by atoms with E-state index in [2.05, 4.69) is 5.92 Å². The van der Waals surface area contributed by atoms with Crippen LogP contribution in [-0.4, -0.2) is 17.9 Å². The van der Waals surface area contributed by atoms with E-state index in [0.29, 0.717) is 12.0 Å². The second-order valence-corrected chi connectivity index (χ2v) is 2.87. The van der Waals surface area contributed by atoms with Crippen LogP contribution in [0.4, 0.5) is 0 Å². The van der Waals surface area contributed by atoms with Gasteiger partial charge in [0.1, 0.15) is 0 Å². The highest BCUT2D eigenvalue weighted by molar-refractivity contribution is 5.94. The molecule has 1 radical (unpaired) electrons. The predicted molar refractivity (Wildman–Crippen MR) is 56.3 cm³/mol. The third-order valence-corrected chi connectivity index (χ3v) is 1.82. The highest BCUT2D eigenvalue weighted by atomic mass is 16.2. The van der Waals surface area contributed by atoms with Crippen LogP contribution in [0.2, 0.25) is 0 Å². The molecular weight excluding hydrogens is 174 g/mol. The Labute approximate surface area is 84.5 Å². The van der Waals surface area contributed by atoms with Gasteiger partial charge in [0.2, 0.25) is 0 Å². The molecule has 0 aromatic heterocycles. The van der Waals surface area contributed by atoms with Crippen LogP contribution in [0.3, 0.4) is 0 Å². The lowest BCUT2D eigenvalue weighted by atomic mass is 10.2. The number of carbonyl (C=O) groups excluding carboxylic acids is 1. The molecule has 71 valence electrons. The quantitative estimate of drug-likeness (QED) is 0.661. The maximum Gasteiger partial charge on any atom is 0.253 e. The lowest BCUT2D eigenvalue weighted by Crippen LogP contribution is -2.23. The zero-order valence-corrected chi connectivity index (χ0v) is 8.10. The van der Waals surface area contributed by atoms with Crippen molar-refractivity contribution in [1.82, 2.24) is 4.90 Å². The maximum atomic E-state index is 11.7. The monoisotopic (exact) mass is 186 g/mol. The lowest BCUT2D eigenvalue weighted by molar-refractivity contribution is 0.0829. The van der Waals surface area contributed by atoms with Gasteiger partial charge in [0.15, 0.2) is 0 Å². The summed E-state index contributed by atoms with van der Waals surface area (Å²) < 4.78 is 0. The summed E-state index contributed by atoms with van der Waals surface area (Å²) in [6.07, 6.45) is 5.56. The Morgan fingerprint density at radius 1 is 1.50 bits per heavy atom. The first-order valence-electron chi connectivity index (χ1n) is 4.34. The minimum Gasteiger partial charge on any atom is -0.336 e. The average molecular weight is 186 g/mol. The molecule has 0 fully saturated rings. The van der Waals surface area contributed by atoms with Crippen molar-refractivity contribution < 1.29 is 4.79 Å². The zero-order chi connectivity index (χ0) is 10.4. The Kier molecular flexibility index (Phi) is 3.75. The molecule has 1 aromatic rings. The molecule has 0 saturated carbocycles. The number of hydrogen-bond acceptors (Lipinski definition) is 1. The van der Waals surface area contributed by atoms with E-state index < -0.39 is 0 Å². The summed E-state index contributed by atoms with van der Waals surface area (Å²) in [4.78, 5) is 13.2. The Morgan fingerprint density at radius 3 is 2.71 bits per heavy atom. The summed E-state index contributed by atoms with van der Waals surface area (Å²) in [7, 11) is 1.70. The van der Waals surface area contributed by atoms with Crippen LogP contribution in [0, 0.1) is 18.9 Å². The van der Waals surface area contributed by atoms with E-state index >= 15 is 0 Å². The Bertz CT molecular complexity index is 337. The standard InChI is InChI=1S/C12H12NO/c1-3-4-10-13(2)12(14)11-8-6-5-7-9-11/h1,5-10H,4H2,2H3. The second kappa shape index (κ2) is 5.08. The number of benzene rings is 1. The molecule has 0 unspecified atom stereocenters. The van der Waals surface area contributed by atoms with Gasteiger partial charge >= 0.3 is 0 Å². The Balaban J connectivity index is 2.63. The molecule has 1 amide bonds. The number of terminal acetylenes is 1. The smallest absolute Gasteiger partial charge is 0.253 e. The Hall–Kier alpha value is -1.75. The van der Waals surface area contributed by atoms with Gasteiger partial charge in [-0.1, -0.05) is 18.2 Å². The summed E-state index contributed by atoms with van der Waals surface area (Å²) in [6.45, 7) is 1.69. The van der Waals surface area contributed by atoms with Crippen LogP contribution in [0.5, 0.6) is 0 Å². The predicted octanol–water partition coefficient (Wildman–Crippen LogP) is 1.94. The first-order valence-corrected chi connectivity index (χ1v) is 4.34. The second-order valence-electron chi connectivity index (χ2n) is 2.87. The average Bonchev–Trinajstić information content (AvgIpc) is 2.26. The zero-order valence-electron chi connectivity index (χ0n) is 8.10. The first kappa shape index (κ1) is 10.3. The van der Waals surface area contributed by atoms with Gasteiger partial charge in [0.25, 0.3) is 5.91 Å². The Morgan fingerprint density at radius 2 is 2.14 bits per heavy atom. The summed E-state index contributed by atoms with van der Waals surface area (Å²) in [5, 5.41) is 0. The maximum absolute atomic E-state index is 11.7. The molecule has 2 heteroatoms. The molecule has 0 atom stereocenters. The third kappa shape index (κ3) is 2.63. The minimum atomic E-state index is -0.0409. The van der Waals surface area contributed by atoms with Gasteiger partial charge in [-0.05, 0) is 12.1 Å². The fraction of sp³-hybridized carbons (Fsp3) is 0.167. The number of carbonyl (C=O) groups is 1. The lowest BCUT2D eigenvalue weighted by Gasteiger charge is -2.14. The molecule has 0 spiro atoms. The van der Waals surface area contributed by atoms with Crippen LogP contribution in [0.1, 0.15) is 16.8 Å². The van der Waals surface area contributed by atoms with Crippen molar-refractivity contribution in [3.05, 3.63) is 42.4 Å². The number of amides is 1. The first-order chi connectivity index (χ1) is 6.75. The van der Waals surface area contributed by atoms with Crippen molar-refractivity contribution in [2.45, 2.75) is 6.42 Å². The van der Waals surface area contributed by atoms with Gasteiger partial charge < -0.3 is 4.90 Å². The normalized spacial score (nSPS) is 9.14. The molecule has 1 rings (SSSR count). The van der Waals surface area contributed by atoms with Gasteiger partial charge in [0.05, 0.1) is 6.54 Å². The van der Waals surface area contributed by atoms with Gasteiger partial charge in [0, 0.05) is 19.0 Å². The topological polar surface area (TPSA) is 20.3 Å². The van der Waals surface area contributed by atoms with Crippen molar-refractivity contribution in [3.8, 4) is 12.3 Å². The van der Waals surface area contributed by atoms with Gasteiger partial charge in [-0.15, -0.1) is 12.3 Å². The highest BCUT2D eigenvalue weighted by Crippen LogP contribution is 2.04. The van der Waals surface area contributed by atoms with Crippen molar-refractivity contribution in [2.24, 2.45) is 0 Å². The molecule has 0 heterocycles. The molecule has 14 heavy (non-hydrogen) atoms. The molecule has 0 saturated heterocycles. The molecular formula is C12H12NO. The van der Waals surface area contributed by atoms with Crippen LogP contribution in [-0.2, 0) is 0 Å².